The van der Waals surface area contributed by atoms with Crippen molar-refractivity contribution in [2.75, 3.05) is 13.1 Å². The van der Waals surface area contributed by atoms with Crippen LogP contribution in [0.15, 0.2) is 48.5 Å². The van der Waals surface area contributed by atoms with Crippen LogP contribution >= 0.6 is 0 Å². The van der Waals surface area contributed by atoms with Crippen molar-refractivity contribution in [2.45, 2.75) is 31.8 Å². The molecular formula is C22H22FN3O3. The maximum Gasteiger partial charge on any atom is 0.325 e. The molecule has 1 N–H and O–H groups in total. The van der Waals surface area contributed by atoms with Crippen molar-refractivity contribution in [2.24, 2.45) is 0 Å². The van der Waals surface area contributed by atoms with E-state index >= 15 is 0 Å². The van der Waals surface area contributed by atoms with E-state index in [-0.39, 0.29) is 24.6 Å². The Bertz CT molecular complexity index is 976. The zero-order chi connectivity index (χ0) is 20.6. The minimum absolute atomic E-state index is 0.0298. The van der Waals surface area contributed by atoms with Crippen LogP contribution in [0.2, 0.25) is 0 Å². The number of benzene rings is 2. The number of nitrogens with zero attached hydrogens (tertiary/aromatic N) is 2. The highest BCUT2D eigenvalue weighted by molar-refractivity contribution is 6.07. The standard InChI is InChI=1S/C22H22FN3O3/c1-15-7-9-16(10-8-15)13-26-20(28)22(24-21(26)29)11-4-12-25(14-22)19(27)17-5-2-3-6-18(17)23/h2-3,5-10H,4,11-14H2,1H3,(H,24,29). The lowest BCUT2D eigenvalue weighted by Gasteiger charge is -2.38. The van der Waals surface area contributed by atoms with Crippen LogP contribution in [0.25, 0.3) is 0 Å². The van der Waals surface area contributed by atoms with Gasteiger partial charge in [0.05, 0.1) is 18.7 Å². The molecule has 4 rings (SSSR count). The Kier molecular flexibility index (Phi) is 4.82. The van der Waals surface area contributed by atoms with Crippen LogP contribution in [0, 0.1) is 12.7 Å². The molecule has 29 heavy (non-hydrogen) atoms. The number of rotatable bonds is 3. The number of carbonyl (C=O) groups excluding carboxylic acids is 3. The SMILES string of the molecule is Cc1ccc(CN2C(=O)NC3(CCCN(C(=O)c4ccccc4F)C3)C2=O)cc1. The maximum atomic E-state index is 14.0. The van der Waals surface area contributed by atoms with Crippen LogP contribution in [-0.2, 0) is 11.3 Å². The number of hydrogen-bond acceptors (Lipinski definition) is 3. The number of amides is 4. The van der Waals surface area contributed by atoms with Gasteiger partial charge in [0.25, 0.3) is 11.8 Å². The average molecular weight is 395 g/mol. The second-order valence-electron chi connectivity index (χ2n) is 7.70. The van der Waals surface area contributed by atoms with Gasteiger partial charge in [0.2, 0.25) is 0 Å². The first-order valence-corrected chi connectivity index (χ1v) is 9.63. The second kappa shape index (κ2) is 7.31. The van der Waals surface area contributed by atoms with Gasteiger partial charge >= 0.3 is 6.03 Å². The second-order valence-corrected chi connectivity index (χ2v) is 7.70. The summed E-state index contributed by atoms with van der Waals surface area (Å²) in [5.41, 5.74) is 0.766. The number of aryl methyl sites for hydroxylation is 1. The summed E-state index contributed by atoms with van der Waals surface area (Å²) in [7, 11) is 0. The predicted octanol–water partition coefficient (Wildman–Crippen LogP) is 2.86. The number of imide groups is 1. The van der Waals surface area contributed by atoms with Crippen LogP contribution in [0.3, 0.4) is 0 Å². The molecule has 2 heterocycles. The molecule has 1 atom stereocenters. The third kappa shape index (κ3) is 3.48. The normalized spacial score (nSPS) is 21.6. The third-order valence-corrected chi connectivity index (χ3v) is 5.59. The Balaban J connectivity index is 1.54. The summed E-state index contributed by atoms with van der Waals surface area (Å²) in [4.78, 5) is 41.2. The zero-order valence-electron chi connectivity index (χ0n) is 16.2. The van der Waals surface area contributed by atoms with Gasteiger partial charge in [-0.15, -0.1) is 0 Å². The highest BCUT2D eigenvalue weighted by Crippen LogP contribution is 2.30. The lowest BCUT2D eigenvalue weighted by atomic mass is 9.88. The Morgan fingerprint density at radius 2 is 1.86 bits per heavy atom. The van der Waals surface area contributed by atoms with E-state index in [2.05, 4.69) is 5.32 Å². The Hall–Kier alpha value is -3.22. The predicted molar refractivity (Wildman–Crippen MR) is 105 cm³/mol. The molecule has 1 spiro atoms. The molecule has 0 radical (unpaired) electrons. The molecule has 6 nitrogen and oxygen atoms in total. The van der Waals surface area contributed by atoms with Gasteiger partial charge in [0.1, 0.15) is 11.4 Å². The fourth-order valence-corrected chi connectivity index (χ4v) is 4.01. The zero-order valence-corrected chi connectivity index (χ0v) is 16.2. The number of carbonyl (C=O) groups is 3. The number of urea groups is 1. The smallest absolute Gasteiger partial charge is 0.325 e. The van der Waals surface area contributed by atoms with E-state index in [1.165, 1.54) is 28.0 Å². The van der Waals surface area contributed by atoms with E-state index in [0.717, 1.165) is 11.1 Å². The molecule has 0 saturated carbocycles. The molecule has 2 aliphatic rings. The Morgan fingerprint density at radius 1 is 1.14 bits per heavy atom. The van der Waals surface area contributed by atoms with E-state index in [0.29, 0.717) is 19.4 Å². The molecule has 2 aromatic carbocycles. The Labute approximate surface area is 168 Å². The summed E-state index contributed by atoms with van der Waals surface area (Å²) in [6.07, 6.45) is 0.994. The van der Waals surface area contributed by atoms with Crippen molar-refractivity contribution < 1.29 is 18.8 Å². The number of nitrogens with one attached hydrogen (secondary N) is 1. The lowest BCUT2D eigenvalue weighted by Crippen LogP contribution is -2.59. The lowest BCUT2D eigenvalue weighted by molar-refractivity contribution is -0.133. The molecule has 0 aliphatic carbocycles. The van der Waals surface area contributed by atoms with Crippen molar-refractivity contribution in [1.82, 2.24) is 15.1 Å². The fraction of sp³-hybridized carbons (Fsp3) is 0.318. The van der Waals surface area contributed by atoms with E-state index in [1.54, 1.807) is 6.07 Å². The summed E-state index contributed by atoms with van der Waals surface area (Å²) < 4.78 is 14.0. The van der Waals surface area contributed by atoms with Crippen molar-refractivity contribution in [3.05, 3.63) is 71.0 Å². The largest absolute Gasteiger partial charge is 0.336 e. The number of hydrogen-bond donors (Lipinski definition) is 1. The van der Waals surface area contributed by atoms with Crippen LogP contribution in [0.5, 0.6) is 0 Å². The maximum absolute atomic E-state index is 14.0. The van der Waals surface area contributed by atoms with Crippen LogP contribution in [-0.4, -0.2) is 46.3 Å². The van der Waals surface area contributed by atoms with Crippen molar-refractivity contribution >= 4 is 17.8 Å². The van der Waals surface area contributed by atoms with Crippen molar-refractivity contribution in [1.29, 1.82) is 0 Å². The van der Waals surface area contributed by atoms with Crippen LogP contribution < -0.4 is 5.32 Å². The first-order valence-electron chi connectivity index (χ1n) is 9.63. The van der Waals surface area contributed by atoms with E-state index in [9.17, 15) is 18.8 Å². The minimum atomic E-state index is -1.15. The topological polar surface area (TPSA) is 69.7 Å². The average Bonchev–Trinajstić information content (AvgIpc) is 2.93. The number of piperidine rings is 1. The molecule has 2 aliphatic heterocycles. The quantitative estimate of drug-likeness (QED) is 0.813. The molecule has 0 bridgehead atoms. The van der Waals surface area contributed by atoms with Crippen LogP contribution in [0.4, 0.5) is 9.18 Å². The molecule has 4 amide bonds. The molecule has 2 aromatic rings. The monoisotopic (exact) mass is 395 g/mol. The molecule has 7 heteroatoms. The first kappa shape index (κ1) is 19.1. The van der Waals surface area contributed by atoms with Gasteiger partial charge < -0.3 is 10.2 Å². The van der Waals surface area contributed by atoms with E-state index in [1.807, 2.05) is 31.2 Å². The van der Waals surface area contributed by atoms with Gasteiger partial charge in [-0.05, 0) is 37.5 Å². The highest BCUT2D eigenvalue weighted by Gasteiger charge is 2.53. The van der Waals surface area contributed by atoms with E-state index < -0.39 is 23.3 Å². The number of halogens is 1. The summed E-state index contributed by atoms with van der Waals surface area (Å²) >= 11 is 0. The molecule has 2 saturated heterocycles. The fourth-order valence-electron chi connectivity index (χ4n) is 4.01. The van der Waals surface area contributed by atoms with Gasteiger partial charge in [-0.1, -0.05) is 42.0 Å². The summed E-state index contributed by atoms with van der Waals surface area (Å²) in [6.45, 7) is 2.59. The summed E-state index contributed by atoms with van der Waals surface area (Å²) in [6, 6.07) is 12.9. The number of likely N-dealkylation sites (tertiary alicyclic amines) is 1. The highest BCUT2D eigenvalue weighted by atomic mass is 19.1. The van der Waals surface area contributed by atoms with Gasteiger partial charge in [-0.2, -0.15) is 0 Å². The summed E-state index contributed by atoms with van der Waals surface area (Å²) in [5.74, 6) is -1.41. The summed E-state index contributed by atoms with van der Waals surface area (Å²) in [5, 5.41) is 2.80. The third-order valence-electron chi connectivity index (χ3n) is 5.59. The Morgan fingerprint density at radius 3 is 2.59 bits per heavy atom. The van der Waals surface area contributed by atoms with Gasteiger partial charge in [-0.3, -0.25) is 14.5 Å². The molecule has 2 fully saturated rings. The molecular weight excluding hydrogens is 373 g/mol. The molecule has 0 aromatic heterocycles. The van der Waals surface area contributed by atoms with Crippen molar-refractivity contribution in [3.63, 3.8) is 0 Å². The minimum Gasteiger partial charge on any atom is -0.336 e. The molecule has 150 valence electrons. The van der Waals surface area contributed by atoms with E-state index in [4.69, 9.17) is 0 Å². The van der Waals surface area contributed by atoms with Gasteiger partial charge in [0, 0.05) is 6.54 Å². The van der Waals surface area contributed by atoms with Gasteiger partial charge in [0.15, 0.2) is 0 Å². The van der Waals surface area contributed by atoms with Crippen molar-refractivity contribution in [3.8, 4) is 0 Å². The van der Waals surface area contributed by atoms with Crippen LogP contribution in [0.1, 0.15) is 34.3 Å². The van der Waals surface area contributed by atoms with Gasteiger partial charge in [-0.25, -0.2) is 9.18 Å². The first-order chi connectivity index (χ1) is 13.9. The molecule has 1 unspecified atom stereocenters.